The molecule has 4 heteroatoms. The van der Waals surface area contributed by atoms with E-state index in [-0.39, 0.29) is 0 Å². The predicted octanol–water partition coefficient (Wildman–Crippen LogP) is 5.29. The maximum absolute atomic E-state index is 5.26. The molecule has 0 aliphatic carbocycles. The minimum absolute atomic E-state index is 0.865. The van der Waals surface area contributed by atoms with Crippen molar-refractivity contribution in [2.45, 2.75) is 6.92 Å². The maximum atomic E-state index is 5.26. The molecule has 4 rings (SSSR count). The van der Waals surface area contributed by atoms with E-state index in [4.69, 9.17) is 9.11 Å². The van der Waals surface area contributed by atoms with Crippen molar-refractivity contribution in [3.63, 3.8) is 0 Å². The lowest BCUT2D eigenvalue weighted by molar-refractivity contribution is 0.415. The van der Waals surface area contributed by atoms with Crippen LogP contribution in [0.5, 0.6) is 5.75 Å². The molecule has 0 unspecified atom stereocenters. The summed E-state index contributed by atoms with van der Waals surface area (Å²) >= 11 is 1.50. The van der Waals surface area contributed by atoms with Crippen molar-refractivity contribution in [2.24, 2.45) is 7.05 Å². The molecule has 120 valence electrons. The van der Waals surface area contributed by atoms with E-state index in [0.29, 0.717) is 0 Å². The molecule has 0 bridgehead atoms. The van der Waals surface area contributed by atoms with E-state index in [1.807, 2.05) is 12.1 Å². The number of ether oxygens (including phenoxy) is 1. The molecule has 0 amide bonds. The number of rotatable bonds is 3. The average Bonchev–Trinajstić information content (AvgIpc) is 3.21. The molecule has 0 fully saturated rings. The number of methoxy groups -OCH3 is 1. The summed E-state index contributed by atoms with van der Waals surface area (Å²) < 4.78 is 12.1. The summed E-state index contributed by atoms with van der Waals surface area (Å²) in [6, 6.07) is 14.8. The van der Waals surface area contributed by atoms with Crippen molar-refractivity contribution in [1.82, 2.24) is 8.94 Å². The molecule has 2 aromatic heterocycles. The van der Waals surface area contributed by atoms with E-state index in [9.17, 15) is 0 Å². The fourth-order valence-electron chi connectivity index (χ4n) is 3.18. The second-order valence-corrected chi connectivity index (χ2v) is 6.61. The molecule has 0 spiro atoms. The zero-order valence-corrected chi connectivity index (χ0v) is 14.7. The van der Waals surface area contributed by atoms with Gasteiger partial charge in [0.1, 0.15) is 5.75 Å². The van der Waals surface area contributed by atoms with Crippen LogP contribution in [0.1, 0.15) is 5.56 Å². The maximum Gasteiger partial charge on any atom is 0.118 e. The molecule has 0 aliphatic rings. The standard InChI is InChI=1S/C20H18N2OS/c1-13-10-15-8-9-22(2)20(15)17(11-13)19-18(12-24-21-19)14-4-6-16(23-3)7-5-14/h4-12H,1-3H3. The molecule has 2 heterocycles. The molecule has 4 aromatic rings. The third-order valence-electron chi connectivity index (χ3n) is 4.34. The largest absolute Gasteiger partial charge is 0.497 e. The van der Waals surface area contributed by atoms with Gasteiger partial charge in [0, 0.05) is 35.1 Å². The summed E-state index contributed by atoms with van der Waals surface area (Å²) in [4.78, 5) is 0. The number of aryl methyl sites for hydroxylation is 2. The van der Waals surface area contributed by atoms with Crippen molar-refractivity contribution in [3.8, 4) is 28.1 Å². The Hall–Kier alpha value is -2.59. The quantitative estimate of drug-likeness (QED) is 0.509. The Balaban J connectivity index is 1.93. The van der Waals surface area contributed by atoms with Crippen LogP contribution in [0.25, 0.3) is 33.3 Å². The van der Waals surface area contributed by atoms with Crippen LogP contribution in [-0.2, 0) is 7.05 Å². The van der Waals surface area contributed by atoms with Gasteiger partial charge in [-0.3, -0.25) is 0 Å². The Morgan fingerprint density at radius 3 is 2.58 bits per heavy atom. The predicted molar refractivity (Wildman–Crippen MR) is 101 cm³/mol. The van der Waals surface area contributed by atoms with E-state index < -0.39 is 0 Å². The highest BCUT2D eigenvalue weighted by Gasteiger charge is 2.16. The first-order valence-electron chi connectivity index (χ1n) is 7.82. The highest BCUT2D eigenvalue weighted by Crippen LogP contribution is 2.37. The molecular formula is C20H18N2OS. The minimum atomic E-state index is 0.865. The summed E-state index contributed by atoms with van der Waals surface area (Å²) in [5, 5.41) is 3.37. The molecule has 0 radical (unpaired) electrons. The van der Waals surface area contributed by atoms with Crippen LogP contribution in [0.4, 0.5) is 0 Å². The van der Waals surface area contributed by atoms with Crippen LogP contribution >= 0.6 is 11.5 Å². The number of aromatic nitrogens is 2. The van der Waals surface area contributed by atoms with Crippen LogP contribution in [-0.4, -0.2) is 16.1 Å². The highest BCUT2D eigenvalue weighted by atomic mass is 32.1. The van der Waals surface area contributed by atoms with Crippen LogP contribution in [0.2, 0.25) is 0 Å². The van der Waals surface area contributed by atoms with Gasteiger partial charge in [0.15, 0.2) is 0 Å². The number of fused-ring (bicyclic) bond motifs is 1. The normalized spacial score (nSPS) is 11.1. The molecule has 24 heavy (non-hydrogen) atoms. The molecule has 3 nitrogen and oxygen atoms in total. The van der Waals surface area contributed by atoms with Gasteiger partial charge in [0.25, 0.3) is 0 Å². The first-order valence-corrected chi connectivity index (χ1v) is 8.66. The van der Waals surface area contributed by atoms with E-state index in [1.165, 1.54) is 33.6 Å². The molecule has 2 aromatic carbocycles. The number of hydrogen-bond acceptors (Lipinski definition) is 3. The van der Waals surface area contributed by atoms with Gasteiger partial charge in [0.2, 0.25) is 0 Å². The van der Waals surface area contributed by atoms with Crippen molar-refractivity contribution in [1.29, 1.82) is 0 Å². The van der Waals surface area contributed by atoms with Gasteiger partial charge in [-0.15, -0.1) is 0 Å². The van der Waals surface area contributed by atoms with Gasteiger partial charge in [-0.05, 0) is 59.9 Å². The van der Waals surface area contributed by atoms with Gasteiger partial charge in [-0.2, -0.15) is 4.37 Å². The van der Waals surface area contributed by atoms with Crippen molar-refractivity contribution >= 4 is 22.4 Å². The van der Waals surface area contributed by atoms with Gasteiger partial charge in [-0.1, -0.05) is 12.1 Å². The SMILES string of the molecule is COc1ccc(-c2csnc2-c2cc(C)cc3ccn(C)c23)cc1. The molecule has 0 saturated carbocycles. The second kappa shape index (κ2) is 5.80. The van der Waals surface area contributed by atoms with Crippen LogP contribution < -0.4 is 4.74 Å². The first kappa shape index (κ1) is 15.0. The molecular weight excluding hydrogens is 316 g/mol. The van der Waals surface area contributed by atoms with Crippen molar-refractivity contribution < 1.29 is 4.74 Å². The average molecular weight is 334 g/mol. The lowest BCUT2D eigenvalue weighted by Gasteiger charge is -2.09. The Morgan fingerprint density at radius 1 is 1.04 bits per heavy atom. The summed E-state index contributed by atoms with van der Waals surface area (Å²) in [5.41, 5.74) is 7.02. The Kier molecular flexibility index (Phi) is 3.62. The lowest BCUT2D eigenvalue weighted by atomic mass is 9.98. The molecule has 0 N–H and O–H groups in total. The van der Waals surface area contributed by atoms with Gasteiger partial charge < -0.3 is 9.30 Å². The summed E-state index contributed by atoms with van der Waals surface area (Å²) in [6.07, 6.45) is 2.10. The van der Waals surface area contributed by atoms with E-state index >= 15 is 0 Å². The van der Waals surface area contributed by atoms with E-state index in [1.54, 1.807) is 7.11 Å². The van der Waals surface area contributed by atoms with Gasteiger partial charge >= 0.3 is 0 Å². The van der Waals surface area contributed by atoms with Crippen molar-refractivity contribution in [3.05, 3.63) is 59.6 Å². The monoisotopic (exact) mass is 334 g/mol. The topological polar surface area (TPSA) is 27.1 Å². The van der Waals surface area contributed by atoms with Gasteiger partial charge in [0.05, 0.1) is 18.3 Å². The third-order valence-corrected chi connectivity index (χ3v) is 4.97. The zero-order valence-electron chi connectivity index (χ0n) is 13.9. The molecule has 0 saturated heterocycles. The van der Waals surface area contributed by atoms with Gasteiger partial charge in [-0.25, -0.2) is 0 Å². The Morgan fingerprint density at radius 2 is 1.83 bits per heavy atom. The Bertz CT molecular complexity index is 1010. The lowest BCUT2D eigenvalue weighted by Crippen LogP contribution is -1.91. The molecule has 0 atom stereocenters. The first-order chi connectivity index (χ1) is 11.7. The summed E-state index contributed by atoms with van der Waals surface area (Å²) in [7, 11) is 3.77. The van der Waals surface area contributed by atoms with Crippen LogP contribution in [0.15, 0.2) is 54.0 Å². The minimum Gasteiger partial charge on any atom is -0.497 e. The summed E-state index contributed by atoms with van der Waals surface area (Å²) in [5.74, 6) is 0.865. The second-order valence-electron chi connectivity index (χ2n) is 5.98. The zero-order chi connectivity index (χ0) is 16.7. The molecule has 0 aliphatic heterocycles. The van der Waals surface area contributed by atoms with E-state index in [2.05, 4.69) is 60.4 Å². The fraction of sp³-hybridized carbons (Fsp3) is 0.150. The Labute approximate surface area is 145 Å². The van der Waals surface area contributed by atoms with E-state index in [0.717, 1.165) is 22.6 Å². The number of nitrogens with zero attached hydrogens (tertiary/aromatic N) is 2. The van der Waals surface area contributed by atoms with Crippen LogP contribution in [0.3, 0.4) is 0 Å². The number of hydrogen-bond donors (Lipinski definition) is 0. The highest BCUT2D eigenvalue weighted by molar-refractivity contribution is 7.04. The number of benzene rings is 2. The third kappa shape index (κ3) is 2.39. The van der Waals surface area contributed by atoms with Crippen LogP contribution in [0, 0.1) is 6.92 Å². The smallest absolute Gasteiger partial charge is 0.118 e. The van der Waals surface area contributed by atoms with Crippen molar-refractivity contribution in [2.75, 3.05) is 7.11 Å². The fourth-order valence-corrected chi connectivity index (χ4v) is 3.89. The summed E-state index contributed by atoms with van der Waals surface area (Å²) in [6.45, 7) is 2.13.